The molecule has 0 aliphatic rings. The third kappa shape index (κ3) is 3.65. The second kappa shape index (κ2) is 6.32. The van der Waals surface area contributed by atoms with Crippen LogP contribution in [0.5, 0.6) is 0 Å². The highest BCUT2D eigenvalue weighted by Gasteiger charge is 2.31. The van der Waals surface area contributed by atoms with Gasteiger partial charge in [-0.05, 0) is 36.9 Å². The summed E-state index contributed by atoms with van der Waals surface area (Å²) in [5, 5.41) is 2.97. The van der Waals surface area contributed by atoms with E-state index in [1.807, 2.05) is 0 Å². The van der Waals surface area contributed by atoms with Gasteiger partial charge in [0.1, 0.15) is 18.1 Å². The fourth-order valence-electron chi connectivity index (χ4n) is 2.14. The van der Waals surface area contributed by atoms with E-state index in [4.69, 9.17) is 9.15 Å². The molecule has 0 aliphatic carbocycles. The van der Waals surface area contributed by atoms with Crippen LogP contribution >= 0.6 is 0 Å². The Hall–Kier alpha value is -1.79. The molecule has 0 bridgehead atoms. The highest BCUT2D eigenvalue weighted by Crippen LogP contribution is 2.32. The van der Waals surface area contributed by atoms with Gasteiger partial charge in [-0.2, -0.15) is 13.2 Å². The van der Waals surface area contributed by atoms with E-state index in [2.05, 4.69) is 5.32 Å². The quantitative estimate of drug-likeness (QED) is 0.913. The van der Waals surface area contributed by atoms with Crippen molar-refractivity contribution in [1.29, 1.82) is 0 Å². The number of halogens is 3. The zero-order valence-electron chi connectivity index (χ0n) is 11.7. The summed E-state index contributed by atoms with van der Waals surface area (Å²) in [5.74, 6) is 1.17. The van der Waals surface area contributed by atoms with Gasteiger partial charge in [0.05, 0.1) is 11.6 Å². The van der Waals surface area contributed by atoms with E-state index >= 15 is 0 Å². The predicted octanol–water partition coefficient (Wildman–Crippen LogP) is 3.75. The average Bonchev–Trinajstić information content (AvgIpc) is 2.88. The number of furan rings is 1. The molecule has 21 heavy (non-hydrogen) atoms. The van der Waals surface area contributed by atoms with Gasteiger partial charge in [-0.1, -0.05) is 12.1 Å². The Morgan fingerprint density at radius 3 is 2.62 bits per heavy atom. The maximum atomic E-state index is 12.8. The molecular formula is C15H16F3NO2. The van der Waals surface area contributed by atoms with Gasteiger partial charge in [0.2, 0.25) is 0 Å². The Kier molecular flexibility index (Phi) is 4.69. The third-order valence-corrected chi connectivity index (χ3v) is 3.09. The van der Waals surface area contributed by atoms with Crippen LogP contribution < -0.4 is 5.32 Å². The molecule has 0 aliphatic heterocycles. The molecule has 1 unspecified atom stereocenters. The normalized spacial score (nSPS) is 13.4. The molecule has 1 aromatic heterocycles. The van der Waals surface area contributed by atoms with Gasteiger partial charge in [-0.25, -0.2) is 0 Å². The molecule has 0 saturated carbocycles. The Balaban J connectivity index is 2.32. The zero-order chi connectivity index (χ0) is 15.5. The molecule has 1 aromatic carbocycles. The molecule has 1 heterocycles. The lowest BCUT2D eigenvalue weighted by Crippen LogP contribution is -2.18. The lowest BCUT2D eigenvalue weighted by atomic mass is 10.0. The SMILES string of the molecule is CNC(c1cccc(C(F)(F)F)c1)c1ccc(COC)o1. The van der Waals surface area contributed by atoms with Crippen LogP contribution in [0.25, 0.3) is 0 Å². The number of benzene rings is 1. The monoisotopic (exact) mass is 299 g/mol. The lowest BCUT2D eigenvalue weighted by Gasteiger charge is -2.16. The van der Waals surface area contributed by atoms with Crippen molar-refractivity contribution in [2.24, 2.45) is 0 Å². The van der Waals surface area contributed by atoms with Gasteiger partial charge in [-0.15, -0.1) is 0 Å². The highest BCUT2D eigenvalue weighted by molar-refractivity contribution is 5.32. The molecule has 114 valence electrons. The summed E-state index contributed by atoms with van der Waals surface area (Å²) in [6.45, 7) is 0.318. The smallest absolute Gasteiger partial charge is 0.416 e. The molecule has 0 amide bonds. The van der Waals surface area contributed by atoms with Crippen molar-refractivity contribution in [3.8, 4) is 0 Å². The van der Waals surface area contributed by atoms with Gasteiger partial charge >= 0.3 is 6.18 Å². The maximum absolute atomic E-state index is 12.8. The fraction of sp³-hybridized carbons (Fsp3) is 0.333. The third-order valence-electron chi connectivity index (χ3n) is 3.09. The molecule has 0 radical (unpaired) electrons. The van der Waals surface area contributed by atoms with Gasteiger partial charge in [0.15, 0.2) is 0 Å². The minimum absolute atomic E-state index is 0.318. The first-order valence-electron chi connectivity index (χ1n) is 6.37. The molecule has 1 N–H and O–H groups in total. The summed E-state index contributed by atoms with van der Waals surface area (Å²) in [7, 11) is 3.22. The van der Waals surface area contributed by atoms with E-state index in [1.54, 1.807) is 32.4 Å². The highest BCUT2D eigenvalue weighted by atomic mass is 19.4. The number of ether oxygens (including phenoxy) is 1. The second-order valence-electron chi connectivity index (χ2n) is 4.58. The number of nitrogens with one attached hydrogen (secondary N) is 1. The van der Waals surface area contributed by atoms with Crippen LogP contribution in [0.1, 0.15) is 28.7 Å². The minimum Gasteiger partial charge on any atom is -0.462 e. The Labute approximate surface area is 120 Å². The predicted molar refractivity (Wildman–Crippen MR) is 71.8 cm³/mol. The molecule has 0 spiro atoms. The van der Waals surface area contributed by atoms with E-state index in [-0.39, 0.29) is 0 Å². The maximum Gasteiger partial charge on any atom is 0.416 e. The molecule has 0 saturated heterocycles. The Morgan fingerprint density at radius 1 is 1.24 bits per heavy atom. The van der Waals surface area contributed by atoms with Crippen molar-refractivity contribution in [3.05, 3.63) is 59.0 Å². The summed E-state index contributed by atoms with van der Waals surface area (Å²) in [6.07, 6.45) is -4.36. The molecule has 2 rings (SSSR count). The molecule has 3 nitrogen and oxygen atoms in total. The van der Waals surface area contributed by atoms with Crippen LogP contribution in [0.15, 0.2) is 40.8 Å². The second-order valence-corrected chi connectivity index (χ2v) is 4.58. The fourth-order valence-corrected chi connectivity index (χ4v) is 2.14. The Bertz CT molecular complexity index is 593. The van der Waals surface area contributed by atoms with Crippen LogP contribution in [0.2, 0.25) is 0 Å². The number of rotatable bonds is 5. The van der Waals surface area contributed by atoms with Gasteiger partial charge in [0, 0.05) is 7.11 Å². The topological polar surface area (TPSA) is 34.4 Å². The molecule has 6 heteroatoms. The molecule has 2 aromatic rings. The van der Waals surface area contributed by atoms with Gasteiger partial charge < -0.3 is 14.5 Å². The van der Waals surface area contributed by atoms with Crippen LogP contribution in [0.3, 0.4) is 0 Å². The molecular weight excluding hydrogens is 283 g/mol. The summed E-state index contributed by atoms with van der Waals surface area (Å²) in [6, 6.07) is 8.23. The van der Waals surface area contributed by atoms with E-state index < -0.39 is 17.8 Å². The van der Waals surface area contributed by atoms with Gasteiger partial charge in [0.25, 0.3) is 0 Å². The van der Waals surface area contributed by atoms with Crippen LogP contribution in [0.4, 0.5) is 13.2 Å². The summed E-state index contributed by atoms with van der Waals surface area (Å²) in [5.41, 5.74) is -0.186. The Morgan fingerprint density at radius 2 is 2.00 bits per heavy atom. The average molecular weight is 299 g/mol. The van der Waals surface area contributed by atoms with Crippen molar-refractivity contribution in [2.45, 2.75) is 18.8 Å². The van der Waals surface area contributed by atoms with E-state index in [9.17, 15) is 13.2 Å². The first-order valence-corrected chi connectivity index (χ1v) is 6.37. The molecule has 1 atom stereocenters. The standard InChI is InChI=1S/C15H16F3NO2/c1-19-14(13-7-6-12(21-13)9-20-2)10-4-3-5-11(8-10)15(16,17)18/h3-8,14,19H,9H2,1-2H3. The van der Waals surface area contributed by atoms with Crippen molar-refractivity contribution in [3.63, 3.8) is 0 Å². The van der Waals surface area contributed by atoms with E-state index in [0.29, 0.717) is 23.7 Å². The first-order chi connectivity index (χ1) is 9.95. The van der Waals surface area contributed by atoms with Crippen molar-refractivity contribution in [2.75, 3.05) is 14.2 Å². The lowest BCUT2D eigenvalue weighted by molar-refractivity contribution is -0.137. The number of hydrogen-bond acceptors (Lipinski definition) is 3. The van der Waals surface area contributed by atoms with E-state index in [0.717, 1.165) is 12.1 Å². The van der Waals surface area contributed by atoms with Crippen LogP contribution in [-0.2, 0) is 17.5 Å². The van der Waals surface area contributed by atoms with Crippen LogP contribution in [-0.4, -0.2) is 14.2 Å². The van der Waals surface area contributed by atoms with Crippen molar-refractivity contribution in [1.82, 2.24) is 5.32 Å². The van der Waals surface area contributed by atoms with Crippen LogP contribution in [0, 0.1) is 0 Å². The summed E-state index contributed by atoms with van der Waals surface area (Å²) < 4.78 is 48.9. The van der Waals surface area contributed by atoms with Crippen molar-refractivity contribution >= 4 is 0 Å². The van der Waals surface area contributed by atoms with Crippen molar-refractivity contribution < 1.29 is 22.3 Å². The van der Waals surface area contributed by atoms with E-state index in [1.165, 1.54) is 6.07 Å². The largest absolute Gasteiger partial charge is 0.462 e. The zero-order valence-corrected chi connectivity index (χ0v) is 11.7. The van der Waals surface area contributed by atoms with Gasteiger partial charge in [-0.3, -0.25) is 0 Å². The minimum atomic E-state index is -4.36. The number of hydrogen-bond donors (Lipinski definition) is 1. The summed E-state index contributed by atoms with van der Waals surface area (Å²) >= 11 is 0. The first kappa shape index (κ1) is 15.6. The molecule has 0 fully saturated rings. The summed E-state index contributed by atoms with van der Waals surface area (Å²) in [4.78, 5) is 0. The number of methoxy groups -OCH3 is 1. The number of alkyl halides is 3.